The Morgan fingerprint density at radius 1 is 1.12 bits per heavy atom. The van der Waals surface area contributed by atoms with Crippen molar-refractivity contribution in [1.29, 1.82) is 0 Å². The third-order valence-corrected chi connectivity index (χ3v) is 8.10. The van der Waals surface area contributed by atoms with E-state index in [1.165, 1.54) is 0 Å². The maximum atomic E-state index is 13.2. The molecule has 1 N–H and O–H groups in total. The van der Waals surface area contributed by atoms with Crippen molar-refractivity contribution in [3.05, 3.63) is 28.7 Å². The summed E-state index contributed by atoms with van der Waals surface area (Å²) < 4.78 is 132. The predicted molar refractivity (Wildman–Crippen MR) is 135 cm³/mol. The highest BCUT2D eigenvalue weighted by Gasteiger charge is 2.56. The Kier molecular flexibility index (Phi) is 11.1. The molecule has 3 rings (SSSR count). The second-order valence-corrected chi connectivity index (χ2v) is 11.2. The molecule has 2 heterocycles. The first-order valence-electron chi connectivity index (χ1n) is 12.7. The van der Waals surface area contributed by atoms with Gasteiger partial charge in [-0.3, -0.25) is 14.5 Å². The third-order valence-electron chi connectivity index (χ3n) is 6.93. The first-order valence-corrected chi connectivity index (χ1v) is 14.5. The minimum atomic E-state index is -5.67. The van der Waals surface area contributed by atoms with Crippen LogP contribution in [-0.4, -0.2) is 60.4 Å². The van der Waals surface area contributed by atoms with E-state index < -0.39 is 59.4 Å². The molecule has 42 heavy (non-hydrogen) atoms. The molecule has 8 nitrogen and oxygen atoms in total. The monoisotopic (exact) mass is 654 g/mol. The van der Waals surface area contributed by atoms with Gasteiger partial charge in [-0.1, -0.05) is 11.6 Å². The molecule has 1 saturated carbocycles. The largest absolute Gasteiger partial charge is 0.434 e. The van der Waals surface area contributed by atoms with Gasteiger partial charge in [0.15, 0.2) is 11.6 Å². The van der Waals surface area contributed by atoms with Crippen LogP contribution in [0, 0.1) is 17.8 Å². The fourth-order valence-corrected chi connectivity index (χ4v) is 5.92. The third kappa shape index (κ3) is 8.67. The van der Waals surface area contributed by atoms with Crippen LogP contribution in [0.4, 0.5) is 35.1 Å². The normalized spacial score (nSPS) is 18.2. The van der Waals surface area contributed by atoms with Gasteiger partial charge >= 0.3 is 19.0 Å². The Hall–Kier alpha value is -2.69. The number of amides is 1. The van der Waals surface area contributed by atoms with Gasteiger partial charge in [0.05, 0.1) is 22.0 Å². The number of aryl methyl sites for hydroxylation is 1. The van der Waals surface area contributed by atoms with E-state index >= 15 is 0 Å². The summed E-state index contributed by atoms with van der Waals surface area (Å²) in [6.45, 7) is -1.68. The topological polar surface area (TPSA) is 103 Å². The van der Waals surface area contributed by atoms with Crippen LogP contribution >= 0.6 is 11.6 Å². The fourth-order valence-electron chi connectivity index (χ4n) is 4.81. The van der Waals surface area contributed by atoms with Crippen molar-refractivity contribution in [2.45, 2.75) is 64.5 Å². The maximum absolute atomic E-state index is 13.2. The van der Waals surface area contributed by atoms with Crippen molar-refractivity contribution >= 4 is 28.2 Å². The molecule has 1 aliphatic carbocycles. The molecule has 18 heteroatoms. The molecule has 2 aromatic heterocycles. The molecule has 0 aliphatic heterocycles. The lowest BCUT2D eigenvalue weighted by atomic mass is 9.83. The number of carbonyl (C=O) groups is 1. The van der Waals surface area contributed by atoms with Crippen LogP contribution in [0.2, 0.25) is 5.02 Å². The lowest BCUT2D eigenvalue weighted by Crippen LogP contribution is -2.38. The number of thiol groups is 1. The van der Waals surface area contributed by atoms with Gasteiger partial charge in [-0.2, -0.15) is 40.2 Å². The number of alkyl halides is 8. The summed E-state index contributed by atoms with van der Waals surface area (Å²) in [5.41, 5.74) is -1.60. The molecule has 1 aliphatic rings. The maximum Gasteiger partial charge on any atom is 0.400 e. The van der Waals surface area contributed by atoms with Crippen molar-refractivity contribution < 1.29 is 53.1 Å². The van der Waals surface area contributed by atoms with Gasteiger partial charge in [0.1, 0.15) is 16.5 Å². The molecule has 1 amide bonds. The minimum Gasteiger partial charge on any atom is -0.434 e. The van der Waals surface area contributed by atoms with E-state index in [1.807, 2.05) is 0 Å². The quantitative estimate of drug-likeness (QED) is 0.240. The first kappa shape index (κ1) is 33.8. The number of ether oxygens (including phenoxy) is 1. The Balaban J connectivity index is 1.86. The van der Waals surface area contributed by atoms with E-state index in [0.29, 0.717) is 31.7 Å². The van der Waals surface area contributed by atoms with Crippen LogP contribution in [0.5, 0.6) is 5.75 Å². The zero-order valence-corrected chi connectivity index (χ0v) is 23.6. The summed E-state index contributed by atoms with van der Waals surface area (Å²) >= 11 is 6.41. The van der Waals surface area contributed by atoms with Crippen molar-refractivity contribution in [3.63, 3.8) is 0 Å². The van der Waals surface area contributed by atoms with Crippen LogP contribution < -0.4 is 10.1 Å². The van der Waals surface area contributed by atoms with Crippen LogP contribution in [-0.2, 0) is 23.7 Å². The van der Waals surface area contributed by atoms with E-state index in [4.69, 9.17) is 11.6 Å². The number of hydrogen-bond acceptors (Lipinski definition) is 6. The number of rotatable bonds is 11. The highest BCUT2D eigenvalue weighted by Crippen LogP contribution is 2.43. The van der Waals surface area contributed by atoms with Crippen molar-refractivity contribution in [2.75, 3.05) is 12.3 Å². The lowest BCUT2D eigenvalue weighted by Gasteiger charge is -2.27. The smallest absolute Gasteiger partial charge is 0.400 e. The summed E-state index contributed by atoms with van der Waals surface area (Å²) in [4.78, 5) is 16.5. The van der Waals surface area contributed by atoms with Gasteiger partial charge in [-0.05, 0) is 44.4 Å². The molecule has 0 spiro atoms. The van der Waals surface area contributed by atoms with Gasteiger partial charge in [0, 0.05) is 37.5 Å². The van der Waals surface area contributed by atoms with Crippen LogP contribution in [0.15, 0.2) is 12.3 Å². The number of nitrogens with zero attached hydrogens (tertiary/aromatic N) is 3. The first-order chi connectivity index (χ1) is 19.5. The average Bonchev–Trinajstić information content (AvgIpc) is 3.21. The van der Waals surface area contributed by atoms with E-state index in [1.54, 1.807) is 6.92 Å². The Morgan fingerprint density at radius 3 is 2.24 bits per heavy atom. The number of aromatic nitrogens is 3. The second kappa shape index (κ2) is 13.7. The molecule has 0 bridgehead atoms. The Morgan fingerprint density at radius 2 is 1.71 bits per heavy atom. The van der Waals surface area contributed by atoms with Gasteiger partial charge in [0.25, 0.3) is 5.91 Å². The summed E-state index contributed by atoms with van der Waals surface area (Å²) in [6.07, 6.45) is -9.56. The van der Waals surface area contributed by atoms with Crippen LogP contribution in [0.3, 0.4) is 0 Å². The van der Waals surface area contributed by atoms with Crippen molar-refractivity contribution in [1.82, 2.24) is 20.1 Å². The molecule has 0 unspecified atom stereocenters. The summed E-state index contributed by atoms with van der Waals surface area (Å²) in [7, 11) is -2.47. The molecule has 1 fully saturated rings. The highest BCUT2D eigenvalue weighted by atomic mass is 35.5. The lowest BCUT2D eigenvalue weighted by molar-refractivity contribution is -0.283. The number of halogens is 9. The summed E-state index contributed by atoms with van der Waals surface area (Å²) in [5.74, 6) is -5.07. The molecule has 0 atom stereocenters. The highest BCUT2D eigenvalue weighted by molar-refractivity contribution is 7.72. The average molecular weight is 655 g/mol. The second-order valence-electron chi connectivity index (χ2n) is 9.83. The van der Waals surface area contributed by atoms with Gasteiger partial charge in [0.2, 0.25) is 0 Å². The predicted octanol–water partition coefficient (Wildman–Crippen LogP) is 5.65. The summed E-state index contributed by atoms with van der Waals surface area (Å²) in [5, 5.41) is 6.47. The SMILES string of the molecule is CCn1nc(C(=O)NC[C@H]2CC[C@H](C[SH](=O)=O)CC2)c(Cl)c1-c1cnc(CC(C(F)(F)F)C(F)(F)F)cc1OC(F)F. The molecular formula is C24H27ClF8N4O4S. The molecule has 0 aromatic carbocycles. The van der Waals surface area contributed by atoms with Crippen LogP contribution in [0.1, 0.15) is 48.8 Å². The number of nitrogens with one attached hydrogen (secondary N) is 1. The molecule has 2 aromatic rings. The summed E-state index contributed by atoms with van der Waals surface area (Å²) in [6, 6.07) is 0.536. The van der Waals surface area contributed by atoms with E-state index in [9.17, 15) is 48.3 Å². The van der Waals surface area contributed by atoms with Crippen molar-refractivity contribution in [3.8, 4) is 17.0 Å². The molecule has 0 saturated heterocycles. The van der Waals surface area contributed by atoms with Crippen molar-refractivity contribution in [2.24, 2.45) is 17.8 Å². The zero-order valence-electron chi connectivity index (χ0n) is 21.9. The van der Waals surface area contributed by atoms with Gasteiger partial charge < -0.3 is 10.1 Å². The number of pyridine rings is 1. The van der Waals surface area contributed by atoms with Gasteiger partial charge in [-0.15, -0.1) is 0 Å². The molecule has 236 valence electrons. The standard InChI is InChI=1S/C24H27ClF8N4O4S/c1-2-37-20(18(25)19(36-37)21(38)35-9-12-3-5-13(6-4-12)11-42(39)40)15-10-34-14(7-16(15)41-22(26)27)8-17(23(28,29)30)24(31,32)33/h7,10,12-13,17,22,42H,2-6,8-9,11H2,1H3,(H,35,38)/t12-,13-. The van der Waals surface area contributed by atoms with E-state index in [-0.39, 0.29) is 52.7 Å². The fraction of sp³-hybridized carbons (Fsp3) is 0.625. The minimum absolute atomic E-state index is 0.0361. The number of hydrogen-bond donors (Lipinski definition) is 2. The van der Waals surface area contributed by atoms with Gasteiger partial charge in [-0.25, -0.2) is 8.42 Å². The van der Waals surface area contributed by atoms with E-state index in [0.717, 1.165) is 10.9 Å². The van der Waals surface area contributed by atoms with Crippen LogP contribution in [0.25, 0.3) is 11.3 Å². The Bertz CT molecular complexity index is 1300. The Labute approximate surface area is 241 Å². The number of carbonyl (C=O) groups excluding carboxylic acids is 1. The molecular weight excluding hydrogens is 628 g/mol. The zero-order chi connectivity index (χ0) is 31.4. The molecule has 0 radical (unpaired) electrons. The van der Waals surface area contributed by atoms with E-state index in [2.05, 4.69) is 20.1 Å².